The van der Waals surface area contributed by atoms with Crippen molar-refractivity contribution in [2.75, 3.05) is 6.61 Å². The van der Waals surface area contributed by atoms with E-state index in [1.54, 1.807) is 12.1 Å². The van der Waals surface area contributed by atoms with Gasteiger partial charge in [0.15, 0.2) is 0 Å². The zero-order valence-corrected chi connectivity index (χ0v) is 7.83. The molecule has 0 aromatic rings. The lowest BCUT2D eigenvalue weighted by Crippen LogP contribution is -2.26. The SMILES string of the molecule is CCCCOC(=O)C(C)(C#N)C#N. The molecule has 0 fully saturated rings. The molecule has 0 unspecified atom stereocenters. The third kappa shape index (κ3) is 3.13. The molecule has 0 aliphatic rings. The molecule has 0 rings (SSSR count). The van der Waals surface area contributed by atoms with E-state index >= 15 is 0 Å². The number of carbonyl (C=O) groups is 1. The molecular weight excluding hydrogens is 168 g/mol. The van der Waals surface area contributed by atoms with Crippen LogP contribution in [0, 0.1) is 28.1 Å². The summed E-state index contributed by atoms with van der Waals surface area (Å²) < 4.78 is 4.75. The summed E-state index contributed by atoms with van der Waals surface area (Å²) in [5.74, 6) is -0.758. The van der Waals surface area contributed by atoms with Gasteiger partial charge >= 0.3 is 5.97 Å². The highest BCUT2D eigenvalue weighted by Crippen LogP contribution is 2.15. The van der Waals surface area contributed by atoms with Crippen molar-refractivity contribution in [2.45, 2.75) is 26.7 Å². The lowest BCUT2D eigenvalue weighted by molar-refractivity contribution is -0.149. The number of ether oxygens (including phenoxy) is 1. The standard InChI is InChI=1S/C9H12N2O2/c1-3-4-5-13-8(12)9(2,6-10)7-11/h3-5H2,1-2H3. The lowest BCUT2D eigenvalue weighted by atomic mass is 9.95. The maximum Gasteiger partial charge on any atom is 0.340 e. The Morgan fingerprint density at radius 2 is 2.00 bits per heavy atom. The first kappa shape index (κ1) is 11.4. The summed E-state index contributed by atoms with van der Waals surface area (Å²) in [7, 11) is 0. The van der Waals surface area contributed by atoms with Crippen LogP contribution in [0.3, 0.4) is 0 Å². The number of hydrogen-bond donors (Lipinski definition) is 0. The van der Waals surface area contributed by atoms with Crippen LogP contribution in [0.1, 0.15) is 26.7 Å². The Morgan fingerprint density at radius 1 is 1.46 bits per heavy atom. The van der Waals surface area contributed by atoms with Gasteiger partial charge in [0.25, 0.3) is 0 Å². The normalized spacial score (nSPS) is 9.85. The molecule has 13 heavy (non-hydrogen) atoms. The van der Waals surface area contributed by atoms with E-state index in [2.05, 4.69) is 0 Å². The van der Waals surface area contributed by atoms with E-state index in [4.69, 9.17) is 15.3 Å². The van der Waals surface area contributed by atoms with E-state index in [9.17, 15) is 4.79 Å². The van der Waals surface area contributed by atoms with Crippen LogP contribution in [0.2, 0.25) is 0 Å². The summed E-state index contributed by atoms with van der Waals surface area (Å²) in [5, 5.41) is 17.1. The van der Waals surface area contributed by atoms with Gasteiger partial charge in [0.05, 0.1) is 18.7 Å². The Hall–Kier alpha value is -1.55. The molecule has 0 amide bonds. The van der Waals surface area contributed by atoms with Crippen molar-refractivity contribution < 1.29 is 9.53 Å². The number of nitrogens with zero attached hydrogens (tertiary/aromatic N) is 2. The second-order valence-electron chi connectivity index (χ2n) is 2.84. The summed E-state index contributed by atoms with van der Waals surface area (Å²) in [6.45, 7) is 3.48. The van der Waals surface area contributed by atoms with E-state index in [0.717, 1.165) is 12.8 Å². The fraction of sp³-hybridized carbons (Fsp3) is 0.667. The molecular formula is C9H12N2O2. The monoisotopic (exact) mass is 180 g/mol. The average molecular weight is 180 g/mol. The molecule has 4 heteroatoms. The zero-order chi connectivity index (χ0) is 10.3. The third-order valence-electron chi connectivity index (χ3n) is 1.59. The minimum atomic E-state index is -1.66. The van der Waals surface area contributed by atoms with Crippen LogP contribution >= 0.6 is 0 Å². The highest BCUT2D eigenvalue weighted by molar-refractivity contribution is 5.82. The predicted octanol–water partition coefficient (Wildman–Crippen LogP) is 1.38. The van der Waals surface area contributed by atoms with Crippen molar-refractivity contribution in [2.24, 2.45) is 5.41 Å². The third-order valence-corrected chi connectivity index (χ3v) is 1.59. The van der Waals surface area contributed by atoms with E-state index in [0.29, 0.717) is 0 Å². The Labute approximate surface area is 77.7 Å². The number of nitriles is 2. The molecule has 0 atom stereocenters. The van der Waals surface area contributed by atoms with Crippen LogP contribution in [0.25, 0.3) is 0 Å². The molecule has 70 valence electrons. The van der Waals surface area contributed by atoms with Gasteiger partial charge in [0, 0.05) is 0 Å². The summed E-state index contributed by atoms with van der Waals surface area (Å²) in [6, 6.07) is 3.24. The quantitative estimate of drug-likeness (QED) is 0.484. The van der Waals surface area contributed by atoms with E-state index in [1.165, 1.54) is 6.92 Å². The molecule has 0 N–H and O–H groups in total. The van der Waals surface area contributed by atoms with Crippen molar-refractivity contribution in [3.05, 3.63) is 0 Å². The van der Waals surface area contributed by atoms with Crippen LogP contribution in [-0.2, 0) is 9.53 Å². The van der Waals surface area contributed by atoms with Crippen LogP contribution in [0.4, 0.5) is 0 Å². The summed E-state index contributed by atoms with van der Waals surface area (Å²) in [4.78, 5) is 11.1. The molecule has 0 radical (unpaired) electrons. The Bertz CT molecular complexity index is 246. The fourth-order valence-electron chi connectivity index (χ4n) is 0.570. The molecule has 0 saturated carbocycles. The van der Waals surface area contributed by atoms with Gasteiger partial charge in [-0.05, 0) is 13.3 Å². The summed E-state index contributed by atoms with van der Waals surface area (Å²) in [5.41, 5.74) is -1.66. The first-order chi connectivity index (χ1) is 6.10. The Morgan fingerprint density at radius 3 is 2.38 bits per heavy atom. The molecule has 0 bridgehead atoms. The molecule has 0 aromatic heterocycles. The van der Waals surface area contributed by atoms with Gasteiger partial charge in [-0.1, -0.05) is 13.3 Å². The number of hydrogen-bond acceptors (Lipinski definition) is 4. The Kier molecular flexibility index (Phi) is 4.54. The molecule has 0 aromatic carbocycles. The molecule has 0 saturated heterocycles. The predicted molar refractivity (Wildman–Crippen MR) is 45.2 cm³/mol. The molecule has 0 heterocycles. The fourth-order valence-corrected chi connectivity index (χ4v) is 0.570. The second-order valence-corrected chi connectivity index (χ2v) is 2.84. The smallest absolute Gasteiger partial charge is 0.340 e. The van der Waals surface area contributed by atoms with Gasteiger partial charge in [-0.15, -0.1) is 0 Å². The number of carbonyl (C=O) groups excluding carboxylic acids is 1. The highest BCUT2D eigenvalue weighted by Gasteiger charge is 2.35. The topological polar surface area (TPSA) is 73.9 Å². The van der Waals surface area contributed by atoms with Crippen molar-refractivity contribution in [1.29, 1.82) is 10.5 Å². The van der Waals surface area contributed by atoms with Crippen LogP contribution in [0.5, 0.6) is 0 Å². The van der Waals surface area contributed by atoms with Gasteiger partial charge in [-0.3, -0.25) is 0 Å². The van der Waals surface area contributed by atoms with Crippen molar-refractivity contribution >= 4 is 5.97 Å². The number of unbranched alkanes of at least 4 members (excludes halogenated alkanes) is 1. The Balaban J connectivity index is 4.13. The molecule has 0 spiro atoms. The van der Waals surface area contributed by atoms with Crippen LogP contribution in [-0.4, -0.2) is 12.6 Å². The van der Waals surface area contributed by atoms with Crippen molar-refractivity contribution in [3.63, 3.8) is 0 Å². The maximum atomic E-state index is 11.1. The van der Waals surface area contributed by atoms with Crippen LogP contribution in [0.15, 0.2) is 0 Å². The second kappa shape index (κ2) is 5.16. The zero-order valence-electron chi connectivity index (χ0n) is 7.83. The van der Waals surface area contributed by atoms with Gasteiger partial charge < -0.3 is 4.74 Å². The lowest BCUT2D eigenvalue weighted by Gasteiger charge is -2.10. The summed E-state index contributed by atoms with van der Waals surface area (Å²) >= 11 is 0. The van der Waals surface area contributed by atoms with Gasteiger partial charge in [-0.25, -0.2) is 4.79 Å². The maximum absolute atomic E-state index is 11.1. The first-order valence-electron chi connectivity index (χ1n) is 4.10. The number of rotatable bonds is 4. The molecule has 4 nitrogen and oxygen atoms in total. The van der Waals surface area contributed by atoms with E-state index in [-0.39, 0.29) is 6.61 Å². The molecule has 0 aliphatic heterocycles. The largest absolute Gasteiger partial charge is 0.464 e. The van der Waals surface area contributed by atoms with Gasteiger partial charge in [-0.2, -0.15) is 10.5 Å². The highest BCUT2D eigenvalue weighted by atomic mass is 16.5. The van der Waals surface area contributed by atoms with Crippen molar-refractivity contribution in [1.82, 2.24) is 0 Å². The van der Waals surface area contributed by atoms with Gasteiger partial charge in [0.1, 0.15) is 0 Å². The molecule has 0 aliphatic carbocycles. The minimum Gasteiger partial charge on any atom is -0.464 e. The minimum absolute atomic E-state index is 0.272. The van der Waals surface area contributed by atoms with Crippen LogP contribution < -0.4 is 0 Å². The average Bonchev–Trinajstić information content (AvgIpc) is 2.17. The van der Waals surface area contributed by atoms with E-state index in [1.807, 2.05) is 6.92 Å². The first-order valence-corrected chi connectivity index (χ1v) is 4.10. The van der Waals surface area contributed by atoms with Gasteiger partial charge in [0.2, 0.25) is 5.41 Å². The summed E-state index contributed by atoms with van der Waals surface area (Å²) in [6.07, 6.45) is 1.65. The van der Waals surface area contributed by atoms with Crippen molar-refractivity contribution in [3.8, 4) is 12.1 Å². The number of esters is 1. The van der Waals surface area contributed by atoms with E-state index < -0.39 is 11.4 Å².